The number of hydrogen-bond donors (Lipinski definition) is 1. The van der Waals surface area contributed by atoms with E-state index in [2.05, 4.69) is 5.16 Å². The SMILES string of the molecule is Cc1noc(C)c1S(=O)(=O)N(C)C[C@H]1OCc2ccccc2-c2c(n(C)c3ccccc23)C(=O)N([C@H](C)CO)C[C@H]1C. The van der Waals surface area contributed by atoms with Crippen molar-refractivity contribution in [1.29, 1.82) is 0 Å². The largest absolute Gasteiger partial charge is 0.394 e. The van der Waals surface area contributed by atoms with E-state index >= 15 is 0 Å². The highest BCUT2D eigenvalue weighted by Crippen LogP contribution is 2.38. The summed E-state index contributed by atoms with van der Waals surface area (Å²) < 4.78 is 42.0. The standard InChI is InChI=1S/C31H38N4O6S/c1-19-15-35(20(2)17-36)31(37)29-28(25-13-9-10-14-26(25)34(29)6)24-12-8-7-11-23(24)18-40-27(19)16-33(5)42(38,39)30-21(3)32-41-22(30)4/h7-14,19-20,27,36H,15-18H2,1-6H3/t19-,20-,27-/m1/s1. The van der Waals surface area contributed by atoms with E-state index in [1.807, 2.05) is 74.0 Å². The van der Waals surface area contributed by atoms with Crippen molar-refractivity contribution < 1.29 is 27.6 Å². The number of aliphatic hydroxyl groups excluding tert-OH is 1. The van der Waals surface area contributed by atoms with E-state index in [9.17, 15) is 18.3 Å². The van der Waals surface area contributed by atoms with Crippen molar-refractivity contribution >= 4 is 26.8 Å². The minimum atomic E-state index is -3.92. The second-order valence-corrected chi connectivity index (χ2v) is 13.2. The Labute approximate surface area is 246 Å². The van der Waals surface area contributed by atoms with Crippen LogP contribution in [0.2, 0.25) is 0 Å². The van der Waals surface area contributed by atoms with E-state index < -0.39 is 22.2 Å². The number of aliphatic hydroxyl groups is 1. The molecule has 1 N–H and O–H groups in total. The van der Waals surface area contributed by atoms with E-state index in [1.165, 1.54) is 11.4 Å². The first kappa shape index (κ1) is 30.0. The number of aryl methyl sites for hydroxylation is 3. The Kier molecular flexibility index (Phi) is 8.30. The molecule has 2 aromatic carbocycles. The number of amides is 1. The molecule has 3 atom stereocenters. The van der Waals surface area contributed by atoms with Gasteiger partial charge in [-0.2, -0.15) is 4.31 Å². The van der Waals surface area contributed by atoms with Crippen molar-refractivity contribution in [2.75, 3.05) is 26.7 Å². The number of rotatable bonds is 6. The molecule has 0 spiro atoms. The molecule has 5 rings (SSSR count). The van der Waals surface area contributed by atoms with Crippen LogP contribution < -0.4 is 0 Å². The molecule has 1 aliphatic heterocycles. The van der Waals surface area contributed by atoms with Gasteiger partial charge in [-0.15, -0.1) is 0 Å². The molecule has 0 radical (unpaired) electrons. The smallest absolute Gasteiger partial charge is 0.271 e. The van der Waals surface area contributed by atoms with Gasteiger partial charge in [0.1, 0.15) is 16.3 Å². The maximum absolute atomic E-state index is 14.5. The fraction of sp³-hybridized carbons (Fsp3) is 0.419. The summed E-state index contributed by atoms with van der Waals surface area (Å²) in [6, 6.07) is 15.3. The van der Waals surface area contributed by atoms with Gasteiger partial charge in [-0.25, -0.2) is 8.42 Å². The fourth-order valence-electron chi connectivity index (χ4n) is 5.88. The Morgan fingerprint density at radius 2 is 1.83 bits per heavy atom. The van der Waals surface area contributed by atoms with Gasteiger partial charge in [0.15, 0.2) is 5.76 Å². The van der Waals surface area contributed by atoms with Crippen molar-refractivity contribution in [1.82, 2.24) is 18.9 Å². The second-order valence-electron chi connectivity index (χ2n) is 11.2. The lowest BCUT2D eigenvalue weighted by Gasteiger charge is -2.34. The molecule has 0 unspecified atom stereocenters. The molecular formula is C31H38N4O6S. The van der Waals surface area contributed by atoms with Crippen molar-refractivity contribution in [3.63, 3.8) is 0 Å². The molecule has 11 heteroatoms. The second kappa shape index (κ2) is 11.6. The van der Waals surface area contributed by atoms with Crippen LogP contribution in [0, 0.1) is 19.8 Å². The van der Waals surface area contributed by atoms with E-state index in [-0.39, 0.29) is 48.8 Å². The van der Waals surface area contributed by atoms with Gasteiger partial charge in [-0.3, -0.25) is 4.79 Å². The molecule has 1 amide bonds. The number of para-hydroxylation sites is 1. The molecule has 42 heavy (non-hydrogen) atoms. The number of nitrogens with zero attached hydrogens (tertiary/aromatic N) is 4. The topological polar surface area (TPSA) is 118 Å². The first-order chi connectivity index (χ1) is 20.0. The molecule has 3 heterocycles. The molecule has 4 aromatic rings. The van der Waals surface area contributed by atoms with Crippen LogP contribution in [0.5, 0.6) is 0 Å². The summed E-state index contributed by atoms with van der Waals surface area (Å²) in [5, 5.41) is 15.0. The van der Waals surface area contributed by atoms with Gasteiger partial charge in [0.2, 0.25) is 10.0 Å². The predicted octanol–water partition coefficient (Wildman–Crippen LogP) is 4.13. The summed E-state index contributed by atoms with van der Waals surface area (Å²) in [7, 11) is -0.521. The predicted molar refractivity (Wildman–Crippen MR) is 159 cm³/mol. The van der Waals surface area contributed by atoms with Gasteiger partial charge in [0.05, 0.1) is 25.4 Å². The Morgan fingerprint density at radius 3 is 2.52 bits per heavy atom. The number of benzene rings is 2. The van der Waals surface area contributed by atoms with Crippen LogP contribution in [0.15, 0.2) is 57.9 Å². The highest BCUT2D eigenvalue weighted by atomic mass is 32.2. The average Bonchev–Trinajstić information content (AvgIpc) is 3.47. The maximum Gasteiger partial charge on any atom is 0.271 e. The fourth-order valence-corrected chi connectivity index (χ4v) is 7.34. The molecule has 0 bridgehead atoms. The molecular weight excluding hydrogens is 556 g/mol. The number of ether oxygens (including phenoxy) is 1. The van der Waals surface area contributed by atoms with E-state index in [1.54, 1.807) is 18.7 Å². The van der Waals surface area contributed by atoms with Gasteiger partial charge >= 0.3 is 0 Å². The normalized spacial score (nSPS) is 19.0. The molecule has 0 saturated carbocycles. The molecule has 0 saturated heterocycles. The molecule has 0 fully saturated rings. The monoisotopic (exact) mass is 594 g/mol. The number of carbonyl (C=O) groups is 1. The Balaban J connectivity index is 1.62. The number of hydrogen-bond acceptors (Lipinski definition) is 7. The van der Waals surface area contributed by atoms with Crippen LogP contribution >= 0.6 is 0 Å². The lowest BCUT2D eigenvalue weighted by atomic mass is 9.96. The summed E-state index contributed by atoms with van der Waals surface area (Å²) in [6.45, 7) is 7.22. The average molecular weight is 595 g/mol. The lowest BCUT2D eigenvalue weighted by molar-refractivity contribution is -0.0147. The van der Waals surface area contributed by atoms with Gasteiger partial charge < -0.3 is 23.8 Å². The van der Waals surface area contributed by atoms with Crippen LogP contribution in [0.1, 0.15) is 41.4 Å². The summed E-state index contributed by atoms with van der Waals surface area (Å²) in [6.07, 6.45) is -0.572. The van der Waals surface area contributed by atoms with Crippen LogP contribution in [0.25, 0.3) is 22.0 Å². The van der Waals surface area contributed by atoms with Crippen LogP contribution in [0.3, 0.4) is 0 Å². The summed E-state index contributed by atoms with van der Waals surface area (Å²) in [5.41, 5.74) is 4.34. The quantitative estimate of drug-likeness (QED) is 0.357. The van der Waals surface area contributed by atoms with E-state index in [0.29, 0.717) is 11.4 Å². The third-order valence-electron chi connectivity index (χ3n) is 8.30. The summed E-state index contributed by atoms with van der Waals surface area (Å²) >= 11 is 0. The van der Waals surface area contributed by atoms with Gasteiger partial charge in [-0.05, 0) is 38.0 Å². The van der Waals surface area contributed by atoms with E-state index in [4.69, 9.17) is 9.26 Å². The van der Waals surface area contributed by atoms with Crippen molar-refractivity contribution in [3.8, 4) is 11.1 Å². The molecule has 2 aromatic heterocycles. The summed E-state index contributed by atoms with van der Waals surface area (Å²) in [5.74, 6) is -0.263. The molecule has 0 aliphatic carbocycles. The van der Waals surface area contributed by atoms with E-state index in [0.717, 1.165) is 27.6 Å². The minimum absolute atomic E-state index is 0.0428. The Hall–Kier alpha value is -3.51. The van der Waals surface area contributed by atoms with Crippen molar-refractivity contribution in [2.24, 2.45) is 13.0 Å². The maximum atomic E-state index is 14.5. The highest BCUT2D eigenvalue weighted by Gasteiger charge is 2.36. The molecule has 224 valence electrons. The number of likely N-dealkylation sites (N-methyl/N-ethyl adjacent to an activating group) is 1. The Morgan fingerprint density at radius 1 is 1.14 bits per heavy atom. The van der Waals surface area contributed by atoms with Crippen LogP contribution in [-0.2, 0) is 28.4 Å². The summed E-state index contributed by atoms with van der Waals surface area (Å²) in [4.78, 5) is 16.2. The minimum Gasteiger partial charge on any atom is -0.394 e. The van der Waals surface area contributed by atoms with Gasteiger partial charge in [-0.1, -0.05) is 54.5 Å². The third kappa shape index (κ3) is 5.15. The Bertz CT molecular complexity index is 1710. The van der Waals surface area contributed by atoms with Crippen molar-refractivity contribution in [2.45, 2.75) is 51.3 Å². The zero-order valence-corrected chi connectivity index (χ0v) is 25.7. The number of carbonyl (C=O) groups excluding carboxylic acids is 1. The van der Waals surface area contributed by atoms with Crippen molar-refractivity contribution in [3.05, 3.63) is 71.2 Å². The highest BCUT2D eigenvalue weighted by molar-refractivity contribution is 7.89. The zero-order valence-electron chi connectivity index (χ0n) is 24.9. The van der Waals surface area contributed by atoms with Gasteiger partial charge in [0.25, 0.3) is 5.91 Å². The molecule has 1 aliphatic rings. The molecule has 10 nitrogen and oxygen atoms in total. The number of aromatic nitrogens is 2. The number of fused-ring (bicyclic) bond motifs is 5. The van der Waals surface area contributed by atoms with Gasteiger partial charge in [0, 0.05) is 49.6 Å². The zero-order chi connectivity index (χ0) is 30.3. The first-order valence-electron chi connectivity index (χ1n) is 14.1. The van der Waals surface area contributed by atoms with Crippen LogP contribution in [-0.4, -0.2) is 77.3 Å². The first-order valence-corrected chi connectivity index (χ1v) is 15.5. The van der Waals surface area contributed by atoms with Crippen LogP contribution in [0.4, 0.5) is 0 Å². The number of sulfonamides is 1. The third-order valence-corrected chi connectivity index (χ3v) is 10.4. The lowest BCUT2D eigenvalue weighted by Crippen LogP contribution is -2.48.